The van der Waals surface area contributed by atoms with E-state index in [1.165, 1.54) is 6.33 Å². The molecule has 3 rings (SSSR count). The van der Waals surface area contributed by atoms with Crippen molar-refractivity contribution in [2.24, 2.45) is 5.92 Å². The van der Waals surface area contributed by atoms with Gasteiger partial charge in [-0.25, -0.2) is 4.98 Å². The van der Waals surface area contributed by atoms with E-state index in [9.17, 15) is 4.79 Å². The molecule has 2 aromatic heterocycles. The van der Waals surface area contributed by atoms with Crippen LogP contribution in [-0.2, 0) is 4.79 Å². The van der Waals surface area contributed by atoms with Crippen LogP contribution in [0.2, 0.25) is 0 Å². The third-order valence-corrected chi connectivity index (χ3v) is 3.90. The van der Waals surface area contributed by atoms with Crippen molar-refractivity contribution in [1.82, 2.24) is 14.6 Å². The predicted octanol–water partition coefficient (Wildman–Crippen LogP) is 2.09. The molecule has 2 heterocycles. The SMILES string of the molecule is Cc1cc(NC2CCCC(C(=O)O)C2)n2ncnc2c1. The number of hydrogen-bond donors (Lipinski definition) is 2. The number of aliphatic carboxylic acids is 1. The summed E-state index contributed by atoms with van der Waals surface area (Å²) in [5.41, 5.74) is 1.91. The lowest BCUT2D eigenvalue weighted by Crippen LogP contribution is -2.31. The second kappa shape index (κ2) is 5.11. The Balaban J connectivity index is 1.82. The van der Waals surface area contributed by atoms with Crippen molar-refractivity contribution in [2.45, 2.75) is 38.6 Å². The normalized spacial score (nSPS) is 22.9. The molecule has 2 aromatic rings. The minimum atomic E-state index is -0.688. The second-order valence-electron chi connectivity index (χ2n) is 5.49. The predicted molar refractivity (Wildman–Crippen MR) is 74.7 cm³/mol. The summed E-state index contributed by atoms with van der Waals surface area (Å²) in [6.45, 7) is 2.01. The van der Waals surface area contributed by atoms with Crippen molar-refractivity contribution in [3.05, 3.63) is 24.0 Å². The Hall–Kier alpha value is -2.11. The molecule has 1 aliphatic carbocycles. The number of anilines is 1. The van der Waals surface area contributed by atoms with Gasteiger partial charge in [-0.3, -0.25) is 4.79 Å². The second-order valence-corrected chi connectivity index (χ2v) is 5.49. The Labute approximate surface area is 116 Å². The fourth-order valence-corrected chi connectivity index (χ4v) is 2.91. The zero-order chi connectivity index (χ0) is 14.1. The van der Waals surface area contributed by atoms with Gasteiger partial charge in [0.05, 0.1) is 5.92 Å². The van der Waals surface area contributed by atoms with Gasteiger partial charge in [-0.2, -0.15) is 9.61 Å². The zero-order valence-corrected chi connectivity index (χ0v) is 11.4. The third kappa shape index (κ3) is 2.45. The maximum atomic E-state index is 11.1. The molecule has 1 saturated carbocycles. The molecule has 0 radical (unpaired) electrons. The molecule has 0 bridgehead atoms. The Morgan fingerprint density at radius 3 is 3.10 bits per heavy atom. The molecule has 0 aromatic carbocycles. The van der Waals surface area contributed by atoms with Crippen LogP contribution in [0.25, 0.3) is 5.65 Å². The number of rotatable bonds is 3. The first kappa shape index (κ1) is 12.9. The van der Waals surface area contributed by atoms with Crippen LogP contribution in [0.4, 0.5) is 5.82 Å². The van der Waals surface area contributed by atoms with Crippen LogP contribution in [-0.4, -0.2) is 31.7 Å². The number of fused-ring (bicyclic) bond motifs is 1. The summed E-state index contributed by atoms with van der Waals surface area (Å²) in [6, 6.07) is 4.17. The highest BCUT2D eigenvalue weighted by atomic mass is 16.4. The molecule has 0 spiro atoms. The van der Waals surface area contributed by atoms with Crippen molar-refractivity contribution in [3.8, 4) is 0 Å². The lowest BCUT2D eigenvalue weighted by Gasteiger charge is -2.28. The number of hydrogen-bond acceptors (Lipinski definition) is 4. The van der Waals surface area contributed by atoms with Crippen molar-refractivity contribution < 1.29 is 9.90 Å². The van der Waals surface area contributed by atoms with Gasteiger partial charge in [0, 0.05) is 6.04 Å². The summed E-state index contributed by atoms with van der Waals surface area (Å²) in [5.74, 6) is -0.0440. The number of nitrogens with one attached hydrogen (secondary N) is 1. The highest BCUT2D eigenvalue weighted by molar-refractivity contribution is 5.70. The molecule has 6 heteroatoms. The highest BCUT2D eigenvalue weighted by Gasteiger charge is 2.27. The largest absolute Gasteiger partial charge is 0.481 e. The Bertz CT molecular complexity index is 637. The number of nitrogens with zero attached hydrogens (tertiary/aromatic N) is 3. The topological polar surface area (TPSA) is 79.5 Å². The van der Waals surface area contributed by atoms with Crippen molar-refractivity contribution in [3.63, 3.8) is 0 Å². The van der Waals surface area contributed by atoms with Crippen LogP contribution in [0.3, 0.4) is 0 Å². The monoisotopic (exact) mass is 274 g/mol. The number of aryl methyl sites for hydroxylation is 1. The fourth-order valence-electron chi connectivity index (χ4n) is 2.91. The quantitative estimate of drug-likeness (QED) is 0.896. The van der Waals surface area contributed by atoms with E-state index in [0.717, 1.165) is 36.3 Å². The van der Waals surface area contributed by atoms with Crippen LogP contribution in [0.15, 0.2) is 18.5 Å². The molecule has 0 aliphatic heterocycles. The lowest BCUT2D eigenvalue weighted by molar-refractivity contribution is -0.142. The molecule has 0 amide bonds. The summed E-state index contributed by atoms with van der Waals surface area (Å²) in [4.78, 5) is 15.3. The molecule has 106 valence electrons. The van der Waals surface area contributed by atoms with Crippen LogP contribution in [0.1, 0.15) is 31.2 Å². The zero-order valence-electron chi connectivity index (χ0n) is 11.4. The molecular formula is C14H18N4O2. The first-order valence-corrected chi connectivity index (χ1v) is 6.93. The number of carboxylic acids is 1. The van der Waals surface area contributed by atoms with Gasteiger partial charge in [0.15, 0.2) is 5.65 Å². The average Bonchev–Trinajstić information content (AvgIpc) is 2.87. The number of carboxylic acid groups (broad SMARTS) is 1. The third-order valence-electron chi connectivity index (χ3n) is 3.90. The van der Waals surface area contributed by atoms with Crippen LogP contribution in [0.5, 0.6) is 0 Å². The van der Waals surface area contributed by atoms with Crippen molar-refractivity contribution in [2.75, 3.05) is 5.32 Å². The van der Waals surface area contributed by atoms with Gasteiger partial charge in [0.1, 0.15) is 12.1 Å². The minimum Gasteiger partial charge on any atom is -0.481 e. The molecule has 20 heavy (non-hydrogen) atoms. The Morgan fingerprint density at radius 1 is 1.45 bits per heavy atom. The lowest BCUT2D eigenvalue weighted by atomic mass is 9.86. The molecule has 6 nitrogen and oxygen atoms in total. The van der Waals surface area contributed by atoms with E-state index in [1.807, 2.05) is 19.1 Å². The number of pyridine rings is 1. The van der Waals surface area contributed by atoms with Crippen LogP contribution >= 0.6 is 0 Å². The maximum Gasteiger partial charge on any atom is 0.306 e. The van der Waals surface area contributed by atoms with Crippen LogP contribution in [0, 0.1) is 12.8 Å². The van der Waals surface area contributed by atoms with Gasteiger partial charge >= 0.3 is 5.97 Å². The molecule has 2 atom stereocenters. The van der Waals surface area contributed by atoms with E-state index in [0.29, 0.717) is 6.42 Å². The van der Waals surface area contributed by atoms with Crippen molar-refractivity contribution >= 4 is 17.4 Å². The Kier molecular flexibility index (Phi) is 3.30. The summed E-state index contributed by atoms with van der Waals surface area (Å²) < 4.78 is 1.76. The van der Waals surface area contributed by atoms with E-state index >= 15 is 0 Å². The van der Waals surface area contributed by atoms with E-state index < -0.39 is 5.97 Å². The molecule has 1 aliphatic rings. The maximum absolute atomic E-state index is 11.1. The first-order valence-electron chi connectivity index (χ1n) is 6.93. The average molecular weight is 274 g/mol. The molecule has 1 fully saturated rings. The molecule has 2 N–H and O–H groups in total. The standard InChI is InChI=1S/C14H18N4O2/c1-9-5-12-15-8-16-18(12)13(6-9)17-11-4-2-3-10(7-11)14(19)20/h5-6,8,10-11,17H,2-4,7H2,1H3,(H,19,20). The summed E-state index contributed by atoms with van der Waals surface area (Å²) in [7, 11) is 0. The van der Waals surface area contributed by atoms with Gasteiger partial charge in [0.25, 0.3) is 0 Å². The van der Waals surface area contributed by atoms with Gasteiger partial charge < -0.3 is 10.4 Å². The van der Waals surface area contributed by atoms with Gasteiger partial charge in [-0.1, -0.05) is 6.42 Å². The van der Waals surface area contributed by atoms with E-state index in [2.05, 4.69) is 15.4 Å². The first-order chi connectivity index (χ1) is 9.63. The molecule has 0 saturated heterocycles. The van der Waals surface area contributed by atoms with Crippen LogP contribution < -0.4 is 5.32 Å². The number of carbonyl (C=O) groups is 1. The minimum absolute atomic E-state index is 0.180. The Morgan fingerprint density at radius 2 is 2.30 bits per heavy atom. The fraction of sp³-hybridized carbons (Fsp3) is 0.500. The summed E-state index contributed by atoms with van der Waals surface area (Å²) in [6.07, 6.45) is 4.91. The van der Waals surface area contributed by atoms with Gasteiger partial charge in [-0.05, 0) is 43.9 Å². The van der Waals surface area contributed by atoms with E-state index in [-0.39, 0.29) is 12.0 Å². The smallest absolute Gasteiger partial charge is 0.306 e. The molecular weight excluding hydrogens is 256 g/mol. The van der Waals surface area contributed by atoms with Gasteiger partial charge in [0.2, 0.25) is 0 Å². The highest BCUT2D eigenvalue weighted by Crippen LogP contribution is 2.27. The number of aromatic nitrogens is 3. The van der Waals surface area contributed by atoms with E-state index in [1.54, 1.807) is 4.52 Å². The van der Waals surface area contributed by atoms with Crippen molar-refractivity contribution in [1.29, 1.82) is 0 Å². The summed E-state index contributed by atoms with van der Waals surface area (Å²) in [5, 5.41) is 16.8. The van der Waals surface area contributed by atoms with E-state index in [4.69, 9.17) is 5.11 Å². The van der Waals surface area contributed by atoms with Gasteiger partial charge in [-0.15, -0.1) is 0 Å². The molecule has 2 unspecified atom stereocenters. The summed E-state index contributed by atoms with van der Waals surface area (Å²) >= 11 is 0.